The summed E-state index contributed by atoms with van der Waals surface area (Å²) in [4.78, 5) is 15.7. The predicted octanol–water partition coefficient (Wildman–Crippen LogP) is 3.84. The summed E-state index contributed by atoms with van der Waals surface area (Å²) in [5, 5.41) is 17.9. The third-order valence-electron chi connectivity index (χ3n) is 4.80. The van der Waals surface area contributed by atoms with E-state index in [4.69, 9.17) is 22.6 Å². The molecule has 0 saturated carbocycles. The van der Waals surface area contributed by atoms with Gasteiger partial charge in [0.2, 0.25) is 0 Å². The van der Waals surface area contributed by atoms with Gasteiger partial charge in [0, 0.05) is 13.2 Å². The molecule has 1 aliphatic rings. The van der Waals surface area contributed by atoms with Crippen LogP contribution in [-0.2, 0) is 11.0 Å². The van der Waals surface area contributed by atoms with E-state index >= 15 is 0 Å². The van der Waals surface area contributed by atoms with Crippen LogP contribution in [0, 0.1) is 11.3 Å². The van der Waals surface area contributed by atoms with Crippen molar-refractivity contribution >= 4 is 28.9 Å². The average molecular weight is 413 g/mol. The number of hydrogen-bond donors (Lipinski definition) is 1. The molecule has 0 aliphatic carbocycles. The lowest BCUT2D eigenvalue weighted by molar-refractivity contribution is -0.137. The van der Waals surface area contributed by atoms with Gasteiger partial charge in [-0.15, -0.1) is 0 Å². The number of alkyl halides is 3. The minimum Gasteiger partial charge on any atom is -0.396 e. The van der Waals surface area contributed by atoms with Crippen LogP contribution < -0.4 is 4.90 Å². The maximum Gasteiger partial charge on any atom is 0.417 e. The first-order chi connectivity index (χ1) is 13.1. The molecule has 152 valence electrons. The molecule has 1 aromatic rings. The molecule has 1 aromatic carbocycles. The van der Waals surface area contributed by atoms with Crippen molar-refractivity contribution in [3.63, 3.8) is 0 Å². The zero-order valence-electron chi connectivity index (χ0n) is 15.7. The minimum absolute atomic E-state index is 0.00261. The van der Waals surface area contributed by atoms with Gasteiger partial charge in [0.15, 0.2) is 5.11 Å². The number of rotatable bonds is 7. The first kappa shape index (κ1) is 22.1. The van der Waals surface area contributed by atoms with Crippen LogP contribution in [0.25, 0.3) is 0 Å². The Kier molecular flexibility index (Phi) is 6.67. The Hall–Kier alpha value is -2.18. The maximum absolute atomic E-state index is 13.3. The number of hydrogen-bond acceptors (Lipinski definition) is 4. The summed E-state index contributed by atoms with van der Waals surface area (Å²) in [5.41, 5.74) is -2.59. The van der Waals surface area contributed by atoms with Crippen LogP contribution in [0.2, 0.25) is 0 Å². The van der Waals surface area contributed by atoms with Gasteiger partial charge < -0.3 is 10.0 Å². The molecule has 1 heterocycles. The largest absolute Gasteiger partial charge is 0.417 e. The van der Waals surface area contributed by atoms with Crippen molar-refractivity contribution < 1.29 is 23.1 Å². The Morgan fingerprint density at radius 2 is 1.86 bits per heavy atom. The number of halogens is 3. The number of nitrogens with zero attached hydrogens (tertiary/aromatic N) is 3. The van der Waals surface area contributed by atoms with E-state index in [0.717, 1.165) is 36.3 Å². The van der Waals surface area contributed by atoms with Gasteiger partial charge in [-0.05, 0) is 57.1 Å². The first-order valence-corrected chi connectivity index (χ1v) is 9.35. The summed E-state index contributed by atoms with van der Waals surface area (Å²) in [5.74, 6) is -0.411. The molecule has 0 bridgehead atoms. The maximum atomic E-state index is 13.3. The Morgan fingerprint density at radius 1 is 1.21 bits per heavy atom. The molecular weight excluding hydrogens is 391 g/mol. The van der Waals surface area contributed by atoms with Crippen molar-refractivity contribution in [3.05, 3.63) is 29.3 Å². The number of nitriles is 1. The topological polar surface area (TPSA) is 67.6 Å². The molecule has 1 amide bonds. The number of unbranched alkanes of at least 4 members (excludes halogenated alkanes) is 3. The fourth-order valence-electron chi connectivity index (χ4n) is 3.18. The van der Waals surface area contributed by atoms with E-state index < -0.39 is 28.7 Å². The van der Waals surface area contributed by atoms with Crippen molar-refractivity contribution in [3.8, 4) is 6.07 Å². The number of carbonyl (C=O) groups excluding carboxylic acids is 1. The van der Waals surface area contributed by atoms with E-state index in [1.54, 1.807) is 18.7 Å². The summed E-state index contributed by atoms with van der Waals surface area (Å²) in [6.07, 6.45) is -1.58. The van der Waals surface area contributed by atoms with Crippen LogP contribution in [0.1, 0.15) is 50.7 Å². The fraction of sp³-hybridized carbons (Fsp3) is 0.526. The number of anilines is 1. The van der Waals surface area contributed by atoms with Crippen LogP contribution in [0.5, 0.6) is 0 Å². The second-order valence-corrected chi connectivity index (χ2v) is 7.48. The number of aliphatic hydroxyl groups is 1. The molecule has 28 heavy (non-hydrogen) atoms. The number of benzene rings is 1. The predicted molar refractivity (Wildman–Crippen MR) is 103 cm³/mol. The Bertz CT molecular complexity index is 803. The van der Waals surface area contributed by atoms with Gasteiger partial charge in [0.1, 0.15) is 5.54 Å². The van der Waals surface area contributed by atoms with Crippen molar-refractivity contribution in [1.29, 1.82) is 5.26 Å². The molecule has 1 saturated heterocycles. The summed E-state index contributed by atoms with van der Waals surface area (Å²) in [6, 6.07) is 4.68. The lowest BCUT2D eigenvalue weighted by Gasteiger charge is -2.29. The molecule has 0 unspecified atom stereocenters. The third-order valence-corrected chi connectivity index (χ3v) is 5.20. The minimum atomic E-state index is -4.71. The highest BCUT2D eigenvalue weighted by Crippen LogP contribution is 2.37. The Labute approximate surface area is 167 Å². The molecule has 1 N–H and O–H groups in total. The van der Waals surface area contributed by atoms with Crippen LogP contribution in [0.4, 0.5) is 18.9 Å². The number of aliphatic hydroxyl groups excluding tert-OH is 1. The quantitative estimate of drug-likeness (QED) is 0.543. The second kappa shape index (κ2) is 8.45. The lowest BCUT2D eigenvalue weighted by atomic mass is 10.0. The van der Waals surface area contributed by atoms with E-state index in [1.165, 1.54) is 12.1 Å². The van der Waals surface area contributed by atoms with E-state index in [9.17, 15) is 18.0 Å². The molecule has 9 heteroatoms. The average Bonchev–Trinajstić information content (AvgIpc) is 2.79. The Morgan fingerprint density at radius 3 is 2.43 bits per heavy atom. The van der Waals surface area contributed by atoms with Crippen LogP contribution in [0.15, 0.2) is 18.2 Å². The van der Waals surface area contributed by atoms with Crippen LogP contribution in [0.3, 0.4) is 0 Å². The molecule has 1 fully saturated rings. The van der Waals surface area contributed by atoms with Gasteiger partial charge >= 0.3 is 6.18 Å². The highest BCUT2D eigenvalue weighted by Gasteiger charge is 2.49. The SMILES string of the molecule is CC1(C)C(=O)N(c2ccc(C#N)c(C(F)(F)F)c2)C(=S)N1CCCCCCO. The molecule has 5 nitrogen and oxygen atoms in total. The Balaban J connectivity index is 2.30. The zero-order valence-corrected chi connectivity index (χ0v) is 16.5. The fourth-order valence-corrected chi connectivity index (χ4v) is 3.69. The van der Waals surface area contributed by atoms with E-state index in [-0.39, 0.29) is 17.4 Å². The number of thiocarbonyl (C=S) groups is 1. The molecule has 0 atom stereocenters. The number of carbonyl (C=O) groups is 1. The molecule has 0 spiro atoms. The van der Waals surface area contributed by atoms with Crippen molar-refractivity contribution in [2.75, 3.05) is 18.1 Å². The van der Waals surface area contributed by atoms with Crippen molar-refractivity contribution in [2.45, 2.75) is 51.2 Å². The van der Waals surface area contributed by atoms with Gasteiger partial charge in [-0.25, -0.2) is 0 Å². The standard InChI is InChI=1S/C19H22F3N3O2S/c1-18(2)16(27)25(17(28)24(18)9-5-3-4-6-10-26)14-8-7-13(12-23)15(11-14)19(20,21)22/h7-8,11,26H,3-6,9-10H2,1-2H3. The summed E-state index contributed by atoms with van der Waals surface area (Å²) < 4.78 is 39.8. The van der Waals surface area contributed by atoms with Gasteiger partial charge in [-0.3, -0.25) is 9.69 Å². The molecule has 1 aliphatic heterocycles. The van der Waals surface area contributed by atoms with Gasteiger partial charge in [0.25, 0.3) is 5.91 Å². The molecule has 0 aromatic heterocycles. The molecule has 0 radical (unpaired) electrons. The molecule has 2 rings (SSSR count). The highest BCUT2D eigenvalue weighted by atomic mass is 32.1. The highest BCUT2D eigenvalue weighted by molar-refractivity contribution is 7.80. The summed E-state index contributed by atoms with van der Waals surface area (Å²) in [6.45, 7) is 3.98. The van der Waals surface area contributed by atoms with E-state index in [2.05, 4.69) is 0 Å². The molecular formula is C19H22F3N3O2S. The van der Waals surface area contributed by atoms with Gasteiger partial charge in [0.05, 0.1) is 22.9 Å². The third kappa shape index (κ3) is 4.28. The van der Waals surface area contributed by atoms with E-state index in [1.807, 2.05) is 0 Å². The van der Waals surface area contributed by atoms with E-state index in [0.29, 0.717) is 13.0 Å². The van der Waals surface area contributed by atoms with Crippen molar-refractivity contribution in [1.82, 2.24) is 4.90 Å². The summed E-state index contributed by atoms with van der Waals surface area (Å²) in [7, 11) is 0. The van der Waals surface area contributed by atoms with Gasteiger partial charge in [-0.2, -0.15) is 18.4 Å². The van der Waals surface area contributed by atoms with Crippen molar-refractivity contribution in [2.24, 2.45) is 0 Å². The van der Waals surface area contributed by atoms with Gasteiger partial charge in [-0.1, -0.05) is 12.8 Å². The zero-order chi connectivity index (χ0) is 21.1. The van der Waals surface area contributed by atoms with Crippen LogP contribution >= 0.6 is 12.2 Å². The first-order valence-electron chi connectivity index (χ1n) is 8.94. The monoisotopic (exact) mass is 413 g/mol. The second-order valence-electron chi connectivity index (χ2n) is 7.11. The van der Waals surface area contributed by atoms with Crippen LogP contribution in [-0.4, -0.2) is 39.7 Å². The smallest absolute Gasteiger partial charge is 0.396 e. The normalized spacial score (nSPS) is 16.6. The summed E-state index contributed by atoms with van der Waals surface area (Å²) >= 11 is 5.41. The number of amides is 1. The lowest BCUT2D eigenvalue weighted by Crippen LogP contribution is -2.44.